The first-order valence-corrected chi connectivity index (χ1v) is 4.39. The van der Waals surface area contributed by atoms with Gasteiger partial charge in [-0.2, -0.15) is 0 Å². The summed E-state index contributed by atoms with van der Waals surface area (Å²) in [4.78, 5) is 10.6. The van der Waals surface area contributed by atoms with E-state index in [9.17, 15) is 9.18 Å². The number of carbonyl (C=O) groups is 1. The molecule has 0 spiro atoms. The van der Waals surface area contributed by atoms with Gasteiger partial charge < -0.3 is 5.32 Å². The second-order valence-electron chi connectivity index (χ2n) is 2.34. The van der Waals surface area contributed by atoms with Crippen molar-refractivity contribution >= 4 is 34.2 Å². The zero-order valence-electron chi connectivity index (χ0n) is 6.40. The van der Waals surface area contributed by atoms with E-state index in [1.165, 1.54) is 19.1 Å². The van der Waals surface area contributed by atoms with Crippen molar-refractivity contribution in [1.29, 1.82) is 0 Å². The molecule has 12 heavy (non-hydrogen) atoms. The fraction of sp³-hybridized carbons (Fsp3) is 0.125. The largest absolute Gasteiger partial charge is 0.326 e. The first kappa shape index (κ1) is 9.44. The van der Waals surface area contributed by atoms with Crippen LogP contribution in [0.3, 0.4) is 0 Å². The molecular formula is C8H7FINO. The lowest BCUT2D eigenvalue weighted by atomic mass is 10.3. The first-order valence-electron chi connectivity index (χ1n) is 3.31. The summed E-state index contributed by atoms with van der Waals surface area (Å²) in [6, 6.07) is 4.38. The number of benzene rings is 1. The zero-order chi connectivity index (χ0) is 9.14. The summed E-state index contributed by atoms with van der Waals surface area (Å²) in [5, 5.41) is 2.50. The number of amides is 1. The smallest absolute Gasteiger partial charge is 0.221 e. The lowest BCUT2D eigenvalue weighted by molar-refractivity contribution is -0.114. The maximum Gasteiger partial charge on any atom is 0.221 e. The number of anilines is 1. The van der Waals surface area contributed by atoms with Gasteiger partial charge in [-0.05, 0) is 40.8 Å². The predicted molar refractivity (Wildman–Crippen MR) is 53.4 cm³/mol. The van der Waals surface area contributed by atoms with Crippen molar-refractivity contribution < 1.29 is 9.18 Å². The Kier molecular flexibility index (Phi) is 3.02. The SMILES string of the molecule is CC(=O)Nc1cc(F)cc(I)c1. The summed E-state index contributed by atoms with van der Waals surface area (Å²) in [7, 11) is 0. The molecule has 2 nitrogen and oxygen atoms in total. The predicted octanol–water partition coefficient (Wildman–Crippen LogP) is 2.39. The van der Waals surface area contributed by atoms with Gasteiger partial charge in [0.2, 0.25) is 5.91 Å². The minimum absolute atomic E-state index is 0.198. The van der Waals surface area contributed by atoms with Crippen molar-refractivity contribution in [2.24, 2.45) is 0 Å². The van der Waals surface area contributed by atoms with Crippen molar-refractivity contribution in [2.45, 2.75) is 6.92 Å². The number of hydrogen-bond donors (Lipinski definition) is 1. The molecule has 1 aromatic rings. The molecule has 0 heterocycles. The van der Waals surface area contributed by atoms with Crippen LogP contribution in [0.25, 0.3) is 0 Å². The van der Waals surface area contributed by atoms with Crippen LogP contribution < -0.4 is 5.32 Å². The lowest BCUT2D eigenvalue weighted by Crippen LogP contribution is -2.05. The number of nitrogens with one attached hydrogen (secondary N) is 1. The highest BCUT2D eigenvalue weighted by molar-refractivity contribution is 14.1. The molecular weight excluding hydrogens is 272 g/mol. The summed E-state index contributed by atoms with van der Waals surface area (Å²) in [5.74, 6) is -0.540. The van der Waals surface area contributed by atoms with E-state index in [0.29, 0.717) is 5.69 Å². The third-order valence-corrected chi connectivity index (χ3v) is 1.81. The van der Waals surface area contributed by atoms with Crippen LogP contribution in [0.2, 0.25) is 0 Å². The Balaban J connectivity index is 2.93. The topological polar surface area (TPSA) is 29.1 Å². The Morgan fingerprint density at radius 3 is 2.67 bits per heavy atom. The summed E-state index contributed by atoms with van der Waals surface area (Å²) in [6.07, 6.45) is 0. The van der Waals surface area contributed by atoms with Crippen LogP contribution in [0.15, 0.2) is 18.2 Å². The van der Waals surface area contributed by atoms with E-state index < -0.39 is 0 Å². The third kappa shape index (κ3) is 2.77. The second kappa shape index (κ2) is 3.84. The Morgan fingerprint density at radius 2 is 2.17 bits per heavy atom. The average Bonchev–Trinajstić information content (AvgIpc) is 1.81. The van der Waals surface area contributed by atoms with Crippen molar-refractivity contribution in [2.75, 3.05) is 5.32 Å². The van der Waals surface area contributed by atoms with Crippen LogP contribution in [-0.4, -0.2) is 5.91 Å². The van der Waals surface area contributed by atoms with Crippen LogP contribution in [0, 0.1) is 9.39 Å². The highest BCUT2D eigenvalue weighted by Crippen LogP contribution is 2.15. The molecule has 0 atom stereocenters. The summed E-state index contributed by atoms with van der Waals surface area (Å²) in [5.41, 5.74) is 0.493. The van der Waals surface area contributed by atoms with E-state index in [-0.39, 0.29) is 11.7 Å². The molecule has 64 valence electrons. The van der Waals surface area contributed by atoms with Crippen LogP contribution in [0.5, 0.6) is 0 Å². The van der Waals surface area contributed by atoms with Crippen LogP contribution in [0.1, 0.15) is 6.92 Å². The van der Waals surface area contributed by atoms with Crippen molar-refractivity contribution in [1.82, 2.24) is 0 Å². The number of hydrogen-bond acceptors (Lipinski definition) is 1. The van der Waals surface area contributed by atoms with Gasteiger partial charge in [0.05, 0.1) is 0 Å². The van der Waals surface area contributed by atoms with Gasteiger partial charge in [0.25, 0.3) is 0 Å². The highest BCUT2D eigenvalue weighted by atomic mass is 127. The molecule has 1 N–H and O–H groups in total. The van der Waals surface area contributed by atoms with Crippen LogP contribution >= 0.6 is 22.6 Å². The molecule has 4 heteroatoms. The third-order valence-electron chi connectivity index (χ3n) is 1.18. The molecule has 1 aromatic carbocycles. The Bertz CT molecular complexity index is 294. The van der Waals surface area contributed by atoms with E-state index in [2.05, 4.69) is 5.32 Å². The lowest BCUT2D eigenvalue weighted by Gasteiger charge is -2.01. The molecule has 1 rings (SSSR count). The second-order valence-corrected chi connectivity index (χ2v) is 3.58. The fourth-order valence-electron chi connectivity index (χ4n) is 0.829. The molecule has 0 unspecified atom stereocenters. The molecule has 0 aliphatic carbocycles. The van der Waals surface area contributed by atoms with Gasteiger partial charge in [0, 0.05) is 16.2 Å². The molecule has 0 aromatic heterocycles. The summed E-state index contributed by atoms with van der Waals surface area (Å²) < 4.78 is 13.5. The van der Waals surface area contributed by atoms with Crippen molar-refractivity contribution in [3.63, 3.8) is 0 Å². The van der Waals surface area contributed by atoms with Gasteiger partial charge in [0.1, 0.15) is 5.82 Å². The van der Waals surface area contributed by atoms with Crippen LogP contribution in [0.4, 0.5) is 10.1 Å². The normalized spacial score (nSPS) is 9.58. The average molecular weight is 279 g/mol. The van der Waals surface area contributed by atoms with Gasteiger partial charge in [-0.3, -0.25) is 4.79 Å². The molecule has 0 bridgehead atoms. The zero-order valence-corrected chi connectivity index (χ0v) is 8.55. The van der Waals surface area contributed by atoms with E-state index in [0.717, 1.165) is 3.57 Å². The fourth-order valence-corrected chi connectivity index (χ4v) is 1.46. The van der Waals surface area contributed by atoms with Gasteiger partial charge in [-0.15, -0.1) is 0 Å². The minimum Gasteiger partial charge on any atom is -0.326 e. The highest BCUT2D eigenvalue weighted by Gasteiger charge is 1.99. The molecule has 0 aliphatic heterocycles. The maximum atomic E-state index is 12.7. The number of halogens is 2. The maximum absolute atomic E-state index is 12.7. The molecule has 0 saturated carbocycles. The Labute approximate surface area is 83.3 Å². The molecule has 0 radical (unpaired) electrons. The molecule has 0 saturated heterocycles. The summed E-state index contributed by atoms with van der Waals surface area (Å²) >= 11 is 1.99. The quantitative estimate of drug-likeness (QED) is 0.786. The standard InChI is InChI=1S/C8H7FINO/c1-5(12)11-8-3-6(9)2-7(10)4-8/h2-4H,1H3,(H,11,12). The van der Waals surface area contributed by atoms with E-state index >= 15 is 0 Å². The van der Waals surface area contributed by atoms with E-state index in [1.807, 2.05) is 22.6 Å². The van der Waals surface area contributed by atoms with Crippen LogP contribution in [-0.2, 0) is 4.79 Å². The van der Waals surface area contributed by atoms with Crippen molar-refractivity contribution in [3.8, 4) is 0 Å². The monoisotopic (exact) mass is 279 g/mol. The Morgan fingerprint density at radius 1 is 1.50 bits per heavy atom. The van der Waals surface area contributed by atoms with Gasteiger partial charge >= 0.3 is 0 Å². The Hall–Kier alpha value is -0.650. The molecule has 0 aliphatic rings. The summed E-state index contributed by atoms with van der Waals surface area (Å²) in [6.45, 7) is 1.39. The molecule has 1 amide bonds. The molecule has 0 fully saturated rings. The van der Waals surface area contributed by atoms with Crippen molar-refractivity contribution in [3.05, 3.63) is 27.6 Å². The van der Waals surface area contributed by atoms with E-state index in [4.69, 9.17) is 0 Å². The minimum atomic E-state index is -0.342. The first-order chi connectivity index (χ1) is 5.58. The van der Waals surface area contributed by atoms with Gasteiger partial charge in [-0.25, -0.2) is 4.39 Å². The number of rotatable bonds is 1. The van der Waals surface area contributed by atoms with Gasteiger partial charge in [-0.1, -0.05) is 0 Å². The van der Waals surface area contributed by atoms with E-state index in [1.54, 1.807) is 6.07 Å². The number of carbonyl (C=O) groups excluding carboxylic acids is 1. The van der Waals surface area contributed by atoms with Gasteiger partial charge in [0.15, 0.2) is 0 Å².